The fourth-order valence-corrected chi connectivity index (χ4v) is 4.89. The average molecular weight is 494 g/mol. The van der Waals surface area contributed by atoms with E-state index in [4.69, 9.17) is 10.5 Å². The van der Waals surface area contributed by atoms with E-state index in [9.17, 15) is 19.2 Å². The van der Waals surface area contributed by atoms with E-state index in [0.717, 1.165) is 16.7 Å². The number of nitrogens with one attached hydrogen (secondary N) is 2. The first-order valence-corrected chi connectivity index (χ1v) is 11.7. The van der Waals surface area contributed by atoms with E-state index < -0.39 is 29.0 Å². The molecule has 2 saturated heterocycles. The molecule has 2 aliphatic heterocycles. The zero-order valence-corrected chi connectivity index (χ0v) is 20.9. The molecule has 190 valence electrons. The van der Waals surface area contributed by atoms with Crippen molar-refractivity contribution in [3.8, 4) is 5.75 Å². The molecule has 0 saturated carbocycles. The summed E-state index contributed by atoms with van der Waals surface area (Å²) in [6, 6.07) is 11.9. The maximum absolute atomic E-state index is 13.8. The summed E-state index contributed by atoms with van der Waals surface area (Å²) >= 11 is 0. The van der Waals surface area contributed by atoms with Crippen LogP contribution >= 0.6 is 0 Å². The van der Waals surface area contributed by atoms with Gasteiger partial charge in [-0.05, 0) is 49.6 Å². The highest BCUT2D eigenvalue weighted by Crippen LogP contribution is 2.40. The molecule has 0 bridgehead atoms. The number of urea groups is 2. The average Bonchev–Trinajstić information content (AvgIpc) is 3.28. The summed E-state index contributed by atoms with van der Waals surface area (Å²) in [5.41, 5.74) is 6.97. The van der Waals surface area contributed by atoms with E-state index in [0.29, 0.717) is 17.9 Å². The quantitative estimate of drug-likeness (QED) is 0.507. The Hall–Kier alpha value is -4.08. The first kappa shape index (κ1) is 25.0. The molecule has 2 aliphatic rings. The number of rotatable bonds is 7. The first-order valence-electron chi connectivity index (χ1n) is 11.7. The number of likely N-dealkylation sites (N-methyl/N-ethyl adjacent to an activating group) is 1. The lowest BCUT2D eigenvalue weighted by molar-refractivity contribution is -0.138. The molecule has 2 unspecified atom stereocenters. The standard InChI is InChI=1S/C26H31N5O5/c1-16-5-6-17(2)18(13-16)14-36-20-9-7-19(8-10-20)26(30(4)23(27)34)11-12-31(22(26)33)15-25(3)21(32)28-24(35)29-25/h5-10,13H,11-12,14-15H2,1-4H3,(H2,27,34)(H2,28,29,32,35). The van der Waals surface area contributed by atoms with Crippen molar-refractivity contribution in [3.05, 3.63) is 64.7 Å². The van der Waals surface area contributed by atoms with Crippen molar-refractivity contribution >= 4 is 23.9 Å². The van der Waals surface area contributed by atoms with Gasteiger partial charge in [0.1, 0.15) is 23.4 Å². The van der Waals surface area contributed by atoms with Crippen LogP contribution in [0.4, 0.5) is 9.59 Å². The molecule has 0 spiro atoms. The third-order valence-corrected chi connectivity index (χ3v) is 7.14. The van der Waals surface area contributed by atoms with Gasteiger partial charge < -0.3 is 25.6 Å². The van der Waals surface area contributed by atoms with Crippen molar-refractivity contribution in [1.29, 1.82) is 0 Å². The minimum absolute atomic E-state index is 0.0329. The van der Waals surface area contributed by atoms with Crippen LogP contribution in [-0.2, 0) is 21.7 Å². The van der Waals surface area contributed by atoms with E-state index >= 15 is 0 Å². The Labute approximate surface area is 209 Å². The predicted molar refractivity (Wildman–Crippen MR) is 132 cm³/mol. The summed E-state index contributed by atoms with van der Waals surface area (Å²) in [5, 5.41) is 4.77. The largest absolute Gasteiger partial charge is 0.489 e. The summed E-state index contributed by atoms with van der Waals surface area (Å²) in [6.45, 7) is 6.26. The third kappa shape index (κ3) is 4.34. The number of imide groups is 1. The van der Waals surface area contributed by atoms with Gasteiger partial charge >= 0.3 is 12.1 Å². The number of hydrogen-bond donors (Lipinski definition) is 3. The van der Waals surface area contributed by atoms with Crippen molar-refractivity contribution in [1.82, 2.24) is 20.4 Å². The van der Waals surface area contributed by atoms with Gasteiger partial charge in [-0.1, -0.05) is 35.9 Å². The molecular formula is C26H31N5O5. The lowest BCUT2D eigenvalue weighted by Crippen LogP contribution is -2.57. The van der Waals surface area contributed by atoms with Gasteiger partial charge in [0, 0.05) is 20.0 Å². The number of carbonyl (C=O) groups excluding carboxylic acids is 4. The fourth-order valence-electron chi connectivity index (χ4n) is 4.89. The maximum atomic E-state index is 13.8. The Morgan fingerprint density at radius 2 is 1.83 bits per heavy atom. The summed E-state index contributed by atoms with van der Waals surface area (Å²) in [7, 11) is 1.49. The summed E-state index contributed by atoms with van der Waals surface area (Å²) in [4.78, 5) is 52.6. The molecule has 4 N–H and O–H groups in total. The topological polar surface area (TPSA) is 134 Å². The molecule has 2 aromatic carbocycles. The highest BCUT2D eigenvalue weighted by atomic mass is 16.5. The van der Waals surface area contributed by atoms with Gasteiger partial charge in [0.25, 0.3) is 11.8 Å². The number of nitrogens with zero attached hydrogens (tertiary/aromatic N) is 2. The molecule has 0 aromatic heterocycles. The number of benzene rings is 2. The van der Waals surface area contributed by atoms with Crippen LogP contribution in [0.5, 0.6) is 5.75 Å². The smallest absolute Gasteiger partial charge is 0.322 e. The van der Waals surface area contributed by atoms with Crippen LogP contribution in [0.3, 0.4) is 0 Å². The number of primary amides is 1. The molecule has 4 rings (SSSR count). The molecule has 2 atom stereocenters. The number of amides is 6. The number of aryl methyl sites for hydroxylation is 2. The number of nitrogens with two attached hydrogens (primary N) is 1. The van der Waals surface area contributed by atoms with Crippen LogP contribution < -0.4 is 21.1 Å². The van der Waals surface area contributed by atoms with Crippen LogP contribution in [0.2, 0.25) is 0 Å². The van der Waals surface area contributed by atoms with Crippen molar-refractivity contribution in [2.45, 2.75) is 44.9 Å². The van der Waals surface area contributed by atoms with Gasteiger partial charge in [-0.25, -0.2) is 9.59 Å². The number of likely N-dealkylation sites (tertiary alicyclic amines) is 1. The molecule has 0 radical (unpaired) electrons. The zero-order chi connectivity index (χ0) is 26.3. The highest BCUT2D eigenvalue weighted by Gasteiger charge is 2.55. The summed E-state index contributed by atoms with van der Waals surface area (Å²) in [5.74, 6) is -0.258. The van der Waals surface area contributed by atoms with Crippen molar-refractivity contribution in [3.63, 3.8) is 0 Å². The monoisotopic (exact) mass is 493 g/mol. The van der Waals surface area contributed by atoms with E-state index in [2.05, 4.69) is 28.8 Å². The fraction of sp³-hybridized carbons (Fsp3) is 0.385. The second-order valence-corrected chi connectivity index (χ2v) is 9.72. The minimum atomic E-state index is -1.34. The Balaban J connectivity index is 1.57. The number of hydrogen-bond acceptors (Lipinski definition) is 5. The van der Waals surface area contributed by atoms with Crippen LogP contribution in [-0.4, -0.2) is 59.4 Å². The second-order valence-electron chi connectivity index (χ2n) is 9.72. The molecular weight excluding hydrogens is 462 g/mol. The van der Waals surface area contributed by atoms with E-state index in [-0.39, 0.29) is 25.4 Å². The molecule has 10 nitrogen and oxygen atoms in total. The molecule has 2 aromatic rings. The molecule has 2 fully saturated rings. The third-order valence-electron chi connectivity index (χ3n) is 7.14. The van der Waals surface area contributed by atoms with E-state index in [1.165, 1.54) is 16.8 Å². The van der Waals surface area contributed by atoms with Crippen LogP contribution in [0, 0.1) is 13.8 Å². The predicted octanol–water partition coefficient (Wildman–Crippen LogP) is 1.92. The van der Waals surface area contributed by atoms with Crippen molar-refractivity contribution < 1.29 is 23.9 Å². The molecule has 36 heavy (non-hydrogen) atoms. The van der Waals surface area contributed by atoms with E-state index in [1.807, 2.05) is 13.8 Å². The summed E-state index contributed by atoms with van der Waals surface area (Å²) < 4.78 is 5.97. The SMILES string of the molecule is Cc1ccc(C)c(COc2ccc(C3(N(C)C(N)=O)CCN(CC4(C)NC(=O)NC4=O)C3=O)cc2)c1. The van der Waals surface area contributed by atoms with Gasteiger partial charge in [0.15, 0.2) is 0 Å². The van der Waals surface area contributed by atoms with Crippen LogP contribution in [0.15, 0.2) is 42.5 Å². The van der Waals surface area contributed by atoms with Crippen LogP contribution in [0.1, 0.15) is 35.6 Å². The van der Waals surface area contributed by atoms with Gasteiger partial charge in [-0.15, -0.1) is 0 Å². The Kier molecular flexibility index (Phi) is 6.38. The zero-order valence-electron chi connectivity index (χ0n) is 20.9. The lowest BCUT2D eigenvalue weighted by Gasteiger charge is -2.37. The van der Waals surface area contributed by atoms with Gasteiger partial charge in [-0.3, -0.25) is 14.9 Å². The maximum Gasteiger partial charge on any atom is 0.322 e. The van der Waals surface area contributed by atoms with Gasteiger partial charge in [0.05, 0.1) is 6.54 Å². The van der Waals surface area contributed by atoms with Crippen LogP contribution in [0.25, 0.3) is 0 Å². The van der Waals surface area contributed by atoms with E-state index in [1.54, 1.807) is 31.2 Å². The highest BCUT2D eigenvalue weighted by molar-refractivity contribution is 6.07. The second kappa shape index (κ2) is 9.18. The number of ether oxygens (including phenoxy) is 1. The first-order chi connectivity index (χ1) is 17.0. The van der Waals surface area contributed by atoms with Gasteiger partial charge in [-0.2, -0.15) is 0 Å². The Bertz CT molecular complexity index is 1230. The molecule has 2 heterocycles. The Morgan fingerprint density at radius 1 is 1.14 bits per heavy atom. The minimum Gasteiger partial charge on any atom is -0.489 e. The summed E-state index contributed by atoms with van der Waals surface area (Å²) in [6.07, 6.45) is 0.277. The normalized spacial score (nSPS) is 23.4. The lowest BCUT2D eigenvalue weighted by atomic mass is 9.86. The van der Waals surface area contributed by atoms with Gasteiger partial charge in [0.2, 0.25) is 0 Å². The Morgan fingerprint density at radius 3 is 2.44 bits per heavy atom. The molecule has 10 heteroatoms. The molecule has 0 aliphatic carbocycles. The van der Waals surface area contributed by atoms with Crippen molar-refractivity contribution in [2.75, 3.05) is 20.1 Å². The molecule has 6 amide bonds. The van der Waals surface area contributed by atoms with Crippen molar-refractivity contribution in [2.24, 2.45) is 5.73 Å². The number of carbonyl (C=O) groups is 4.